The summed E-state index contributed by atoms with van der Waals surface area (Å²) < 4.78 is 45.5. The highest BCUT2D eigenvalue weighted by molar-refractivity contribution is 7.98. The molecule has 19 heteroatoms. The van der Waals surface area contributed by atoms with Crippen LogP contribution in [0.15, 0.2) is 53.6 Å². The normalized spacial score (nSPS) is 20.9. The van der Waals surface area contributed by atoms with E-state index in [-0.39, 0.29) is 64.2 Å². The SMILES string of the molecule is CO.Cn1nc(N2CCC(=O)NC2=O)c2cc(F)c(N3CC4(CC(N5CCC6(CC5)CC(n5cnc7ccc(Oc8c(F)ccc(NSN9CCCC9)c8C#N)cc7c5=O)C6)C4)C3)cc21. The van der Waals surface area contributed by atoms with Crippen LogP contribution >= 0.6 is 12.1 Å². The number of nitrogens with one attached hydrogen (secondary N) is 2. The maximum absolute atomic E-state index is 15.7. The number of hydrogen-bond donors (Lipinski definition) is 3. The van der Waals surface area contributed by atoms with Gasteiger partial charge < -0.3 is 24.4 Å². The zero-order chi connectivity index (χ0) is 45.2. The van der Waals surface area contributed by atoms with Crippen LogP contribution in [0.2, 0.25) is 0 Å². The quantitative estimate of drug-likeness (QED) is 0.138. The van der Waals surface area contributed by atoms with E-state index in [2.05, 4.69) is 40.3 Å². The number of fused-ring (bicyclic) bond motifs is 2. The molecule has 0 radical (unpaired) electrons. The first-order chi connectivity index (χ1) is 31.5. The molecule has 2 spiro atoms. The number of aliphatic hydroxyl groups is 1. The van der Waals surface area contributed by atoms with E-state index < -0.39 is 11.8 Å². The van der Waals surface area contributed by atoms with Crippen molar-refractivity contribution in [3.05, 3.63) is 76.3 Å². The van der Waals surface area contributed by atoms with E-state index in [9.17, 15) is 19.6 Å². The second kappa shape index (κ2) is 16.9. The molecule has 65 heavy (non-hydrogen) atoms. The summed E-state index contributed by atoms with van der Waals surface area (Å²) in [6, 6.07) is 13.1. The molecule has 0 bridgehead atoms. The fourth-order valence-electron chi connectivity index (χ4n) is 11.1. The van der Waals surface area contributed by atoms with Gasteiger partial charge in [0.15, 0.2) is 17.4 Å². The van der Waals surface area contributed by atoms with Gasteiger partial charge in [-0.2, -0.15) is 10.4 Å². The maximum Gasteiger partial charge on any atom is 0.329 e. The minimum atomic E-state index is -0.666. The summed E-state index contributed by atoms with van der Waals surface area (Å²) in [7, 11) is 2.78. The standard InChI is InChI=1S/C45H47F2N11O4S.CH4O/c1-53-37-18-38(34(47)17-31(37)41(51-53)57-13-8-39(59)50-43(57)61)55-24-45(25-55)19-27(20-45)54-14-9-44(10-15-54)21-28(22-44)58-26-49-35-6-4-29(16-30(35)42(58)60)62-40-32(23-48)36(7-5-33(40)46)52-63-56-11-2-3-12-56;1-2/h4-7,16-18,26-28,52H,2-3,8-15,19-22,24-25H2,1H3,(H,50,59,61);2H,1H3. The van der Waals surface area contributed by atoms with Crippen LogP contribution in [-0.4, -0.2) is 105 Å². The number of urea groups is 1. The molecule has 11 rings (SSSR count). The molecule has 6 aliphatic rings. The Hall–Kier alpha value is -5.81. The molecule has 5 aromatic rings. The summed E-state index contributed by atoms with van der Waals surface area (Å²) in [5.74, 6) is -0.934. The zero-order valence-corrected chi connectivity index (χ0v) is 37.2. The van der Waals surface area contributed by atoms with Gasteiger partial charge in [-0.3, -0.25) is 29.1 Å². The number of rotatable bonds is 9. The summed E-state index contributed by atoms with van der Waals surface area (Å²) in [4.78, 5) is 48.8. The number of carbonyl (C=O) groups is 2. The topological polar surface area (TPSA) is 177 Å². The number of aliphatic hydroxyl groups excluding tert-OH is 1. The van der Waals surface area contributed by atoms with E-state index >= 15 is 8.78 Å². The van der Waals surface area contributed by atoms with Gasteiger partial charge in [0, 0.05) is 88.3 Å². The van der Waals surface area contributed by atoms with E-state index in [1.54, 1.807) is 40.8 Å². The number of aryl methyl sites for hydroxylation is 1. The number of nitrogens with zero attached hydrogens (tertiary/aromatic N) is 9. The van der Waals surface area contributed by atoms with Gasteiger partial charge in [0.1, 0.15) is 23.2 Å². The predicted octanol–water partition coefficient (Wildman–Crippen LogP) is 6.44. The number of imide groups is 1. The lowest BCUT2D eigenvalue weighted by atomic mass is 9.57. The first-order valence-electron chi connectivity index (χ1n) is 22.3. The average Bonchev–Trinajstić information content (AvgIpc) is 3.91. The average molecular weight is 908 g/mol. The van der Waals surface area contributed by atoms with E-state index in [0.29, 0.717) is 39.5 Å². The van der Waals surface area contributed by atoms with Crippen molar-refractivity contribution in [2.24, 2.45) is 17.9 Å². The highest BCUT2D eigenvalue weighted by atomic mass is 32.2. The molecule has 2 aromatic heterocycles. The summed E-state index contributed by atoms with van der Waals surface area (Å²) in [5.41, 5.74) is 2.54. The Kier molecular flexibility index (Phi) is 11.2. The van der Waals surface area contributed by atoms with Crippen LogP contribution in [0.5, 0.6) is 11.5 Å². The Morgan fingerprint density at radius 1 is 0.908 bits per heavy atom. The molecule has 3 amide bonds. The third-order valence-corrected chi connectivity index (χ3v) is 15.5. The van der Waals surface area contributed by atoms with Crippen molar-refractivity contribution in [2.45, 2.75) is 69.9 Å². The van der Waals surface area contributed by atoms with Crippen LogP contribution in [0.4, 0.5) is 30.8 Å². The fraction of sp³-hybridized carbons (Fsp3) is 0.478. The summed E-state index contributed by atoms with van der Waals surface area (Å²) in [5, 5.41) is 24.8. The number of ether oxygens (including phenoxy) is 1. The van der Waals surface area contributed by atoms with Crippen LogP contribution in [0.25, 0.3) is 21.8 Å². The molecule has 6 fully saturated rings. The molecule has 0 atom stereocenters. The highest BCUT2D eigenvalue weighted by Gasteiger charge is 2.56. The largest absolute Gasteiger partial charge is 0.453 e. The van der Waals surface area contributed by atoms with Gasteiger partial charge in [-0.05, 0) is 112 Å². The van der Waals surface area contributed by atoms with Crippen molar-refractivity contribution < 1.29 is 28.2 Å². The van der Waals surface area contributed by atoms with Gasteiger partial charge in [-0.1, -0.05) is 0 Å². The third kappa shape index (κ3) is 7.73. The molecular formula is C46H51F2N11O5S. The van der Waals surface area contributed by atoms with E-state index in [4.69, 9.17) is 9.84 Å². The third-order valence-electron chi connectivity index (χ3n) is 14.6. The maximum atomic E-state index is 15.7. The molecule has 0 unspecified atom stereocenters. The number of amides is 3. The molecule has 3 aromatic carbocycles. The van der Waals surface area contributed by atoms with Crippen molar-refractivity contribution >= 4 is 63.1 Å². The van der Waals surface area contributed by atoms with Gasteiger partial charge in [0.25, 0.3) is 5.56 Å². The number of likely N-dealkylation sites (tertiary alicyclic amines) is 1. The Bertz CT molecular complexity index is 2790. The van der Waals surface area contributed by atoms with E-state index in [0.717, 1.165) is 103 Å². The number of nitriles is 1. The minimum absolute atomic E-state index is 0.0458. The lowest BCUT2D eigenvalue weighted by molar-refractivity contribution is -0.120. The monoisotopic (exact) mass is 907 g/mol. The molecule has 340 valence electrons. The van der Waals surface area contributed by atoms with Crippen molar-refractivity contribution in [2.75, 3.05) is 67.4 Å². The smallest absolute Gasteiger partial charge is 0.329 e. The van der Waals surface area contributed by atoms with Crippen molar-refractivity contribution in [3.63, 3.8) is 0 Å². The molecule has 2 aliphatic carbocycles. The Labute approximate surface area is 378 Å². The van der Waals surface area contributed by atoms with Crippen LogP contribution in [-0.2, 0) is 11.8 Å². The molecule has 3 N–H and O–H groups in total. The minimum Gasteiger partial charge on any atom is -0.453 e. The lowest BCUT2D eigenvalue weighted by Gasteiger charge is -2.63. The molecule has 4 saturated heterocycles. The number of hydrogen-bond acceptors (Lipinski definition) is 13. The lowest BCUT2D eigenvalue weighted by Crippen LogP contribution is -2.67. The number of benzene rings is 3. The number of aromatic nitrogens is 4. The van der Waals surface area contributed by atoms with Gasteiger partial charge in [-0.15, -0.1) is 0 Å². The van der Waals surface area contributed by atoms with Gasteiger partial charge in [-0.25, -0.2) is 22.9 Å². The van der Waals surface area contributed by atoms with Crippen LogP contribution in [0, 0.1) is 33.8 Å². The molecule has 4 aliphatic heterocycles. The Balaban J connectivity index is 0.00000246. The number of halogens is 2. The summed E-state index contributed by atoms with van der Waals surface area (Å²) in [6.07, 6.45) is 10.2. The molecular weight excluding hydrogens is 857 g/mol. The van der Waals surface area contributed by atoms with Crippen LogP contribution in [0.3, 0.4) is 0 Å². The summed E-state index contributed by atoms with van der Waals surface area (Å²) in [6.45, 7) is 5.72. The highest BCUT2D eigenvalue weighted by Crippen LogP contribution is 2.57. The van der Waals surface area contributed by atoms with Gasteiger partial charge in [0.05, 0.1) is 34.1 Å². The zero-order valence-electron chi connectivity index (χ0n) is 36.4. The molecule has 6 heterocycles. The Morgan fingerprint density at radius 3 is 2.37 bits per heavy atom. The van der Waals surface area contributed by atoms with Gasteiger partial charge >= 0.3 is 6.03 Å². The van der Waals surface area contributed by atoms with Crippen molar-refractivity contribution in [1.82, 2.24) is 33.9 Å². The first kappa shape index (κ1) is 43.1. The summed E-state index contributed by atoms with van der Waals surface area (Å²) >= 11 is 1.40. The van der Waals surface area contributed by atoms with Crippen LogP contribution in [0.1, 0.15) is 69.4 Å². The van der Waals surface area contributed by atoms with E-state index in [1.165, 1.54) is 35.2 Å². The predicted molar refractivity (Wildman–Crippen MR) is 243 cm³/mol. The van der Waals surface area contributed by atoms with Crippen molar-refractivity contribution in [1.29, 1.82) is 5.26 Å². The number of carbonyl (C=O) groups excluding carboxylic acids is 2. The van der Waals surface area contributed by atoms with E-state index in [1.807, 2.05) is 6.07 Å². The Morgan fingerprint density at radius 2 is 1.65 bits per heavy atom. The van der Waals surface area contributed by atoms with Crippen LogP contribution < -0.4 is 30.1 Å². The number of anilines is 3. The first-order valence-corrected chi connectivity index (χ1v) is 23.1. The number of piperidine rings is 1. The van der Waals surface area contributed by atoms with Gasteiger partial charge in [0.2, 0.25) is 5.91 Å². The molecule has 2 saturated carbocycles. The second-order valence-electron chi connectivity index (χ2n) is 18.5. The fourth-order valence-corrected chi connectivity index (χ4v) is 11.9. The van der Waals surface area contributed by atoms with Crippen molar-refractivity contribution in [3.8, 4) is 17.6 Å². The second-order valence-corrected chi connectivity index (χ2v) is 19.4. The molecule has 16 nitrogen and oxygen atoms in total.